The van der Waals surface area contributed by atoms with Crippen molar-refractivity contribution in [3.05, 3.63) is 65.2 Å². The van der Waals surface area contributed by atoms with Gasteiger partial charge in [0.2, 0.25) is 0 Å². The first-order valence-electron chi connectivity index (χ1n) is 7.15. The van der Waals surface area contributed by atoms with E-state index in [4.69, 9.17) is 4.74 Å². The summed E-state index contributed by atoms with van der Waals surface area (Å²) in [5.74, 6) is 0.376. The van der Waals surface area contributed by atoms with Crippen molar-refractivity contribution >= 4 is 11.6 Å². The molecule has 0 aliphatic heterocycles. The van der Waals surface area contributed by atoms with Crippen molar-refractivity contribution in [2.75, 3.05) is 6.61 Å². The minimum Gasteiger partial charge on any atom is -0.484 e. The predicted octanol–water partition coefficient (Wildman–Crippen LogP) is 3.22. The van der Waals surface area contributed by atoms with Crippen LogP contribution in [-0.4, -0.2) is 18.2 Å². The van der Waals surface area contributed by atoms with Gasteiger partial charge in [0, 0.05) is 5.56 Å². The zero-order valence-corrected chi connectivity index (χ0v) is 13.1. The Morgan fingerprint density at radius 2 is 1.86 bits per heavy atom. The zero-order valence-electron chi connectivity index (χ0n) is 13.1. The summed E-state index contributed by atoms with van der Waals surface area (Å²) in [6.07, 6.45) is 0. The standard InChI is InChI=1S/C18H20N2O2/c1-13-9-10-17(14(2)11-13)15(3)19-20-18(21)12-22-16-7-5-4-6-8-16/h4-11H,12H2,1-3H3,(H,20,21)/b19-15-. The topological polar surface area (TPSA) is 50.7 Å². The normalized spacial score (nSPS) is 11.1. The number of benzene rings is 2. The van der Waals surface area contributed by atoms with Crippen LogP contribution in [0.3, 0.4) is 0 Å². The lowest BCUT2D eigenvalue weighted by molar-refractivity contribution is -0.123. The van der Waals surface area contributed by atoms with E-state index in [0.29, 0.717) is 5.75 Å². The van der Waals surface area contributed by atoms with Crippen LogP contribution in [-0.2, 0) is 4.79 Å². The monoisotopic (exact) mass is 296 g/mol. The Kier molecular flexibility index (Phi) is 5.31. The molecule has 1 amide bonds. The molecule has 0 saturated carbocycles. The molecule has 0 aliphatic rings. The van der Waals surface area contributed by atoms with E-state index < -0.39 is 0 Å². The Morgan fingerprint density at radius 1 is 1.14 bits per heavy atom. The van der Waals surface area contributed by atoms with Crippen LogP contribution < -0.4 is 10.2 Å². The molecule has 4 nitrogen and oxygen atoms in total. The quantitative estimate of drug-likeness (QED) is 0.680. The van der Waals surface area contributed by atoms with Crippen molar-refractivity contribution < 1.29 is 9.53 Å². The van der Waals surface area contributed by atoms with Crippen LogP contribution >= 0.6 is 0 Å². The average Bonchev–Trinajstić information content (AvgIpc) is 2.51. The first-order valence-corrected chi connectivity index (χ1v) is 7.15. The Bertz CT molecular complexity index is 679. The van der Waals surface area contributed by atoms with Gasteiger partial charge in [0.15, 0.2) is 6.61 Å². The van der Waals surface area contributed by atoms with Crippen LogP contribution in [0.1, 0.15) is 23.6 Å². The first kappa shape index (κ1) is 15.8. The van der Waals surface area contributed by atoms with E-state index >= 15 is 0 Å². The zero-order chi connectivity index (χ0) is 15.9. The van der Waals surface area contributed by atoms with Gasteiger partial charge in [0.1, 0.15) is 5.75 Å². The number of ether oxygens (including phenoxy) is 1. The predicted molar refractivity (Wildman–Crippen MR) is 88.2 cm³/mol. The Balaban J connectivity index is 1.91. The summed E-state index contributed by atoms with van der Waals surface area (Å²) in [7, 11) is 0. The van der Waals surface area contributed by atoms with Crippen LogP contribution in [0.15, 0.2) is 53.6 Å². The van der Waals surface area contributed by atoms with Crippen molar-refractivity contribution in [2.45, 2.75) is 20.8 Å². The molecular formula is C18H20N2O2. The number of para-hydroxylation sites is 1. The number of hydrogen-bond donors (Lipinski definition) is 1. The maximum atomic E-state index is 11.7. The number of aryl methyl sites for hydroxylation is 2. The molecule has 0 aliphatic carbocycles. The second kappa shape index (κ2) is 7.41. The number of hydrazone groups is 1. The fourth-order valence-corrected chi connectivity index (χ4v) is 2.12. The molecule has 0 aromatic heterocycles. The fourth-order valence-electron chi connectivity index (χ4n) is 2.12. The third kappa shape index (κ3) is 4.45. The van der Waals surface area contributed by atoms with Gasteiger partial charge in [0.25, 0.3) is 5.91 Å². The van der Waals surface area contributed by atoms with Gasteiger partial charge in [0.05, 0.1) is 5.71 Å². The molecule has 0 fully saturated rings. The highest BCUT2D eigenvalue weighted by Crippen LogP contribution is 2.11. The van der Waals surface area contributed by atoms with Crippen molar-refractivity contribution in [1.29, 1.82) is 0 Å². The van der Waals surface area contributed by atoms with E-state index in [9.17, 15) is 4.79 Å². The number of carbonyl (C=O) groups excluding carboxylic acids is 1. The summed E-state index contributed by atoms with van der Waals surface area (Å²) >= 11 is 0. The first-order chi connectivity index (χ1) is 10.6. The molecule has 2 aromatic rings. The number of rotatable bonds is 5. The van der Waals surface area contributed by atoms with Gasteiger partial charge in [-0.2, -0.15) is 5.10 Å². The van der Waals surface area contributed by atoms with Crippen molar-refractivity contribution in [1.82, 2.24) is 5.43 Å². The van der Waals surface area contributed by atoms with Gasteiger partial charge in [-0.1, -0.05) is 42.0 Å². The lowest BCUT2D eigenvalue weighted by Gasteiger charge is -2.08. The molecule has 1 N–H and O–H groups in total. The fraction of sp³-hybridized carbons (Fsp3) is 0.222. The molecule has 0 atom stereocenters. The van der Waals surface area contributed by atoms with Gasteiger partial charge in [-0.15, -0.1) is 0 Å². The van der Waals surface area contributed by atoms with Crippen LogP contribution in [0.25, 0.3) is 0 Å². The van der Waals surface area contributed by atoms with Crippen molar-refractivity contribution in [2.24, 2.45) is 5.10 Å². The maximum Gasteiger partial charge on any atom is 0.277 e. The number of nitrogens with one attached hydrogen (secondary N) is 1. The molecule has 0 spiro atoms. The molecule has 2 rings (SSSR count). The number of nitrogens with zero attached hydrogens (tertiary/aromatic N) is 1. The van der Waals surface area contributed by atoms with Crippen LogP contribution in [0.4, 0.5) is 0 Å². The van der Waals surface area contributed by atoms with Gasteiger partial charge < -0.3 is 4.74 Å². The molecule has 0 heterocycles. The smallest absolute Gasteiger partial charge is 0.277 e. The molecule has 0 unspecified atom stereocenters. The summed E-state index contributed by atoms with van der Waals surface area (Å²) < 4.78 is 5.36. The van der Waals surface area contributed by atoms with Crippen molar-refractivity contribution in [3.63, 3.8) is 0 Å². The second-order valence-electron chi connectivity index (χ2n) is 5.15. The highest BCUT2D eigenvalue weighted by molar-refractivity contribution is 6.00. The third-order valence-electron chi connectivity index (χ3n) is 3.23. The minimum atomic E-state index is -0.284. The highest BCUT2D eigenvalue weighted by Gasteiger charge is 2.05. The van der Waals surface area contributed by atoms with E-state index in [1.807, 2.05) is 51.1 Å². The van der Waals surface area contributed by atoms with E-state index in [1.165, 1.54) is 5.56 Å². The maximum absolute atomic E-state index is 11.7. The van der Waals surface area contributed by atoms with E-state index in [-0.39, 0.29) is 12.5 Å². The average molecular weight is 296 g/mol. The number of carbonyl (C=O) groups is 1. The summed E-state index contributed by atoms with van der Waals surface area (Å²) in [4.78, 5) is 11.7. The third-order valence-corrected chi connectivity index (χ3v) is 3.23. The largest absolute Gasteiger partial charge is 0.484 e. The Hall–Kier alpha value is -2.62. The van der Waals surface area contributed by atoms with Crippen molar-refractivity contribution in [3.8, 4) is 5.75 Å². The van der Waals surface area contributed by atoms with Gasteiger partial charge in [-0.3, -0.25) is 4.79 Å². The summed E-state index contributed by atoms with van der Waals surface area (Å²) in [6, 6.07) is 15.3. The van der Waals surface area contributed by atoms with Crippen LogP contribution in [0.5, 0.6) is 5.75 Å². The second-order valence-corrected chi connectivity index (χ2v) is 5.15. The van der Waals surface area contributed by atoms with E-state index in [1.54, 1.807) is 12.1 Å². The van der Waals surface area contributed by atoms with Gasteiger partial charge in [-0.25, -0.2) is 5.43 Å². The lowest BCUT2D eigenvalue weighted by Crippen LogP contribution is -2.25. The van der Waals surface area contributed by atoms with Crippen LogP contribution in [0.2, 0.25) is 0 Å². The van der Waals surface area contributed by atoms with Gasteiger partial charge in [-0.05, 0) is 38.5 Å². The molecule has 0 bridgehead atoms. The Labute approximate surface area is 130 Å². The van der Waals surface area contributed by atoms with E-state index in [0.717, 1.165) is 16.8 Å². The SMILES string of the molecule is C/C(=N/NC(=O)COc1ccccc1)c1ccc(C)cc1C. The summed E-state index contributed by atoms with van der Waals surface area (Å²) in [5, 5.41) is 4.13. The highest BCUT2D eigenvalue weighted by atomic mass is 16.5. The molecule has 2 aromatic carbocycles. The molecule has 22 heavy (non-hydrogen) atoms. The van der Waals surface area contributed by atoms with E-state index in [2.05, 4.69) is 16.6 Å². The number of hydrogen-bond acceptors (Lipinski definition) is 3. The lowest BCUT2D eigenvalue weighted by atomic mass is 10.0. The molecule has 4 heteroatoms. The molecule has 114 valence electrons. The van der Waals surface area contributed by atoms with Gasteiger partial charge >= 0.3 is 0 Å². The number of amides is 1. The Morgan fingerprint density at radius 3 is 2.55 bits per heavy atom. The minimum absolute atomic E-state index is 0.0618. The molecule has 0 saturated heterocycles. The molecular weight excluding hydrogens is 276 g/mol. The summed E-state index contributed by atoms with van der Waals surface area (Å²) in [6.45, 7) is 5.89. The van der Waals surface area contributed by atoms with Crippen LogP contribution in [0, 0.1) is 13.8 Å². The summed E-state index contributed by atoms with van der Waals surface area (Å²) in [5.41, 5.74) is 6.65. The molecule has 0 radical (unpaired) electrons.